The van der Waals surface area contributed by atoms with Crippen LogP contribution in [0.3, 0.4) is 0 Å². The highest BCUT2D eigenvalue weighted by molar-refractivity contribution is 7.14. The van der Waals surface area contributed by atoms with E-state index in [0.29, 0.717) is 16.8 Å². The quantitative estimate of drug-likeness (QED) is 0.775. The van der Waals surface area contributed by atoms with E-state index in [1.54, 1.807) is 24.5 Å². The van der Waals surface area contributed by atoms with Crippen molar-refractivity contribution in [1.82, 2.24) is 24.7 Å². The van der Waals surface area contributed by atoms with Crippen molar-refractivity contribution in [2.24, 2.45) is 0 Å². The standard InChI is InChI=1S/C10H7ClN6S/c11-6-2-5-18-7(6)8-14-9(12)16-10(15-8)17-4-1-3-13-17/h1-5H,(H2,12,14,15,16). The lowest BCUT2D eigenvalue weighted by atomic mass is 10.4. The molecule has 0 amide bonds. The molecule has 0 aromatic carbocycles. The minimum atomic E-state index is 0.134. The van der Waals surface area contributed by atoms with Gasteiger partial charge in [-0.05, 0) is 17.5 Å². The topological polar surface area (TPSA) is 82.5 Å². The molecular weight excluding hydrogens is 272 g/mol. The highest BCUT2D eigenvalue weighted by Crippen LogP contribution is 2.31. The van der Waals surface area contributed by atoms with Crippen molar-refractivity contribution in [1.29, 1.82) is 0 Å². The first-order chi connectivity index (χ1) is 8.74. The van der Waals surface area contributed by atoms with Crippen molar-refractivity contribution in [2.45, 2.75) is 0 Å². The third kappa shape index (κ3) is 1.93. The second-order valence-electron chi connectivity index (χ2n) is 3.37. The Morgan fingerprint density at radius 1 is 1.28 bits per heavy atom. The van der Waals surface area contributed by atoms with E-state index in [4.69, 9.17) is 17.3 Å². The number of rotatable bonds is 2. The molecule has 8 heteroatoms. The van der Waals surface area contributed by atoms with Gasteiger partial charge in [0.2, 0.25) is 5.95 Å². The van der Waals surface area contributed by atoms with E-state index in [1.165, 1.54) is 16.0 Å². The smallest absolute Gasteiger partial charge is 0.255 e. The van der Waals surface area contributed by atoms with Crippen LogP contribution < -0.4 is 5.73 Å². The summed E-state index contributed by atoms with van der Waals surface area (Å²) in [6, 6.07) is 3.56. The Morgan fingerprint density at radius 2 is 2.17 bits per heavy atom. The molecule has 0 radical (unpaired) electrons. The largest absolute Gasteiger partial charge is 0.368 e. The van der Waals surface area contributed by atoms with Crippen LogP contribution in [0.5, 0.6) is 0 Å². The normalized spacial score (nSPS) is 10.7. The van der Waals surface area contributed by atoms with Crippen LogP contribution >= 0.6 is 22.9 Å². The van der Waals surface area contributed by atoms with Crippen molar-refractivity contribution >= 4 is 28.9 Å². The average Bonchev–Trinajstić information content (AvgIpc) is 2.98. The number of thiophene rings is 1. The zero-order valence-corrected chi connectivity index (χ0v) is 10.6. The van der Waals surface area contributed by atoms with Crippen molar-refractivity contribution < 1.29 is 0 Å². The number of anilines is 1. The summed E-state index contributed by atoms with van der Waals surface area (Å²) in [6.45, 7) is 0. The second-order valence-corrected chi connectivity index (χ2v) is 4.69. The lowest BCUT2D eigenvalue weighted by Crippen LogP contribution is -2.07. The summed E-state index contributed by atoms with van der Waals surface area (Å²) in [4.78, 5) is 13.2. The van der Waals surface area contributed by atoms with Gasteiger partial charge < -0.3 is 5.73 Å². The van der Waals surface area contributed by atoms with E-state index in [0.717, 1.165) is 4.88 Å². The fourth-order valence-electron chi connectivity index (χ4n) is 1.43. The summed E-state index contributed by atoms with van der Waals surface area (Å²) >= 11 is 7.50. The van der Waals surface area contributed by atoms with Crippen LogP contribution in [-0.4, -0.2) is 24.7 Å². The molecule has 3 heterocycles. The van der Waals surface area contributed by atoms with Crippen LogP contribution in [0.1, 0.15) is 0 Å². The molecule has 2 N–H and O–H groups in total. The van der Waals surface area contributed by atoms with Gasteiger partial charge in [-0.25, -0.2) is 4.68 Å². The summed E-state index contributed by atoms with van der Waals surface area (Å²) in [6.07, 6.45) is 3.37. The average molecular weight is 279 g/mol. The van der Waals surface area contributed by atoms with Gasteiger partial charge in [0.25, 0.3) is 5.95 Å². The van der Waals surface area contributed by atoms with E-state index in [9.17, 15) is 0 Å². The van der Waals surface area contributed by atoms with Crippen LogP contribution in [0.15, 0.2) is 29.9 Å². The predicted molar refractivity (Wildman–Crippen MR) is 69.7 cm³/mol. The van der Waals surface area contributed by atoms with E-state index in [2.05, 4.69) is 20.1 Å². The monoisotopic (exact) mass is 278 g/mol. The number of nitrogens with zero attached hydrogens (tertiary/aromatic N) is 5. The minimum Gasteiger partial charge on any atom is -0.368 e. The minimum absolute atomic E-state index is 0.134. The zero-order valence-electron chi connectivity index (χ0n) is 8.99. The first kappa shape index (κ1) is 11.1. The second kappa shape index (κ2) is 4.35. The number of aromatic nitrogens is 5. The molecular formula is C10H7ClN6S. The van der Waals surface area contributed by atoms with Crippen LogP contribution in [0.2, 0.25) is 5.02 Å². The number of nitrogen functional groups attached to an aromatic ring is 1. The molecule has 0 fully saturated rings. The molecule has 3 aromatic heterocycles. The summed E-state index contributed by atoms with van der Waals surface area (Å²) < 4.78 is 1.52. The molecule has 0 aliphatic carbocycles. The SMILES string of the molecule is Nc1nc(-c2sccc2Cl)nc(-n2cccn2)n1. The maximum Gasteiger partial charge on any atom is 0.255 e. The van der Waals surface area contributed by atoms with Gasteiger partial charge >= 0.3 is 0 Å². The Balaban J connectivity index is 2.15. The number of halogens is 1. The Bertz CT molecular complexity index is 678. The van der Waals surface area contributed by atoms with Crippen LogP contribution in [-0.2, 0) is 0 Å². The van der Waals surface area contributed by atoms with Crippen molar-refractivity contribution in [3.63, 3.8) is 0 Å². The van der Waals surface area contributed by atoms with Gasteiger partial charge in [0.05, 0.1) is 9.90 Å². The van der Waals surface area contributed by atoms with Gasteiger partial charge in [0.1, 0.15) is 0 Å². The van der Waals surface area contributed by atoms with Crippen LogP contribution in [0.4, 0.5) is 5.95 Å². The highest BCUT2D eigenvalue weighted by Gasteiger charge is 2.12. The molecule has 3 rings (SSSR count). The van der Waals surface area contributed by atoms with Gasteiger partial charge in [-0.15, -0.1) is 11.3 Å². The molecule has 0 unspecified atom stereocenters. The molecule has 0 aliphatic heterocycles. The molecule has 90 valence electrons. The van der Waals surface area contributed by atoms with E-state index in [-0.39, 0.29) is 5.95 Å². The maximum atomic E-state index is 6.05. The van der Waals surface area contributed by atoms with Crippen LogP contribution in [0.25, 0.3) is 16.6 Å². The van der Waals surface area contributed by atoms with Crippen molar-refractivity contribution in [2.75, 3.05) is 5.73 Å². The third-order valence-electron chi connectivity index (χ3n) is 2.17. The molecule has 0 saturated heterocycles. The lowest BCUT2D eigenvalue weighted by Gasteiger charge is -2.03. The van der Waals surface area contributed by atoms with Crippen LogP contribution in [0, 0.1) is 0 Å². The van der Waals surface area contributed by atoms with E-state index < -0.39 is 0 Å². The fraction of sp³-hybridized carbons (Fsp3) is 0. The number of nitrogens with two attached hydrogens (primary N) is 1. The lowest BCUT2D eigenvalue weighted by molar-refractivity contribution is 0.802. The van der Waals surface area contributed by atoms with E-state index in [1.807, 2.05) is 5.38 Å². The molecule has 0 saturated carbocycles. The van der Waals surface area contributed by atoms with Gasteiger partial charge in [-0.3, -0.25) is 0 Å². The third-order valence-corrected chi connectivity index (χ3v) is 3.51. The first-order valence-corrected chi connectivity index (χ1v) is 6.25. The molecule has 0 bridgehead atoms. The van der Waals surface area contributed by atoms with Gasteiger partial charge in [0.15, 0.2) is 5.82 Å². The fourth-order valence-corrected chi connectivity index (χ4v) is 2.50. The van der Waals surface area contributed by atoms with Crippen molar-refractivity contribution in [3.05, 3.63) is 34.9 Å². The summed E-state index contributed by atoms with van der Waals surface area (Å²) in [5.41, 5.74) is 5.68. The molecule has 3 aromatic rings. The Morgan fingerprint density at radius 3 is 2.83 bits per heavy atom. The van der Waals surface area contributed by atoms with Crippen molar-refractivity contribution in [3.8, 4) is 16.6 Å². The van der Waals surface area contributed by atoms with Gasteiger partial charge in [-0.1, -0.05) is 11.6 Å². The first-order valence-electron chi connectivity index (χ1n) is 4.99. The van der Waals surface area contributed by atoms with E-state index >= 15 is 0 Å². The number of hydrogen-bond donors (Lipinski definition) is 1. The predicted octanol–water partition coefficient (Wildman–Crippen LogP) is 2.02. The Labute approximate surface area is 111 Å². The highest BCUT2D eigenvalue weighted by atomic mass is 35.5. The summed E-state index contributed by atoms with van der Waals surface area (Å²) in [5.74, 6) is 0.954. The molecule has 6 nitrogen and oxygen atoms in total. The number of hydrogen-bond acceptors (Lipinski definition) is 6. The summed E-state index contributed by atoms with van der Waals surface area (Å²) in [5, 5.41) is 6.51. The molecule has 18 heavy (non-hydrogen) atoms. The zero-order chi connectivity index (χ0) is 12.5. The molecule has 0 atom stereocenters. The summed E-state index contributed by atoms with van der Waals surface area (Å²) in [7, 11) is 0. The maximum absolute atomic E-state index is 6.05. The van der Waals surface area contributed by atoms with Gasteiger partial charge in [0, 0.05) is 12.4 Å². The molecule has 0 aliphatic rings. The van der Waals surface area contributed by atoms with Gasteiger partial charge in [-0.2, -0.15) is 20.1 Å². The Hall–Kier alpha value is -1.99. The molecule has 0 spiro atoms. The Kier molecular flexibility index (Phi) is 2.69.